The summed E-state index contributed by atoms with van der Waals surface area (Å²) in [7, 11) is 0. The molecule has 1 atom stereocenters. The van der Waals surface area contributed by atoms with Crippen LogP contribution in [0.2, 0.25) is 0 Å². The first kappa shape index (κ1) is 12.7. The Kier molecular flexibility index (Phi) is 3.18. The molecule has 2 N–H and O–H groups in total. The molecule has 1 aliphatic rings. The van der Waals surface area contributed by atoms with E-state index in [9.17, 15) is 4.79 Å². The van der Waals surface area contributed by atoms with Gasteiger partial charge < -0.3 is 10.6 Å². The van der Waals surface area contributed by atoms with Crippen molar-refractivity contribution in [1.82, 2.24) is 0 Å². The van der Waals surface area contributed by atoms with Crippen LogP contribution in [0.1, 0.15) is 29.3 Å². The molecule has 102 valence electrons. The van der Waals surface area contributed by atoms with Gasteiger partial charge in [0.1, 0.15) is 0 Å². The summed E-state index contributed by atoms with van der Waals surface area (Å²) < 4.78 is 0. The zero-order chi connectivity index (χ0) is 14.1. The second-order valence-corrected chi connectivity index (χ2v) is 5.16. The number of carbonyl (C=O) groups is 1. The first-order valence-electron chi connectivity index (χ1n) is 6.98. The molecule has 1 heterocycles. The average molecular weight is 266 g/mol. The lowest BCUT2D eigenvalue weighted by atomic mass is 10.1. The number of nitrogens with zero attached hydrogens (tertiary/aromatic N) is 1. The molecule has 0 radical (unpaired) electrons. The van der Waals surface area contributed by atoms with E-state index in [4.69, 9.17) is 5.73 Å². The summed E-state index contributed by atoms with van der Waals surface area (Å²) in [6.45, 7) is 2.12. The molecule has 0 fully saturated rings. The predicted molar refractivity (Wildman–Crippen MR) is 81.9 cm³/mol. The second kappa shape index (κ2) is 5.00. The molecule has 3 rings (SSSR count). The minimum atomic E-state index is -0.0000926. The molecule has 0 bridgehead atoms. The number of fused-ring (bicyclic) bond motifs is 1. The molecular weight excluding hydrogens is 248 g/mol. The topological polar surface area (TPSA) is 46.3 Å². The normalized spacial score (nSPS) is 17.1. The number of carbonyl (C=O) groups excluding carboxylic acids is 1. The Morgan fingerprint density at radius 2 is 1.90 bits per heavy atom. The Morgan fingerprint density at radius 3 is 2.65 bits per heavy atom. The zero-order valence-corrected chi connectivity index (χ0v) is 11.5. The van der Waals surface area contributed by atoms with Gasteiger partial charge in [0.25, 0.3) is 5.91 Å². The van der Waals surface area contributed by atoms with Gasteiger partial charge in [0, 0.05) is 17.4 Å². The van der Waals surface area contributed by atoms with Gasteiger partial charge in [-0.25, -0.2) is 0 Å². The number of amides is 1. The molecule has 0 aromatic heterocycles. The number of nitrogen functional groups attached to an aromatic ring is 1. The molecule has 3 heteroatoms. The van der Waals surface area contributed by atoms with Crippen LogP contribution in [0.4, 0.5) is 11.4 Å². The summed E-state index contributed by atoms with van der Waals surface area (Å²) in [5, 5.41) is 0. The van der Waals surface area contributed by atoms with E-state index < -0.39 is 0 Å². The third-order valence-electron chi connectivity index (χ3n) is 3.95. The van der Waals surface area contributed by atoms with Crippen LogP contribution in [0.25, 0.3) is 0 Å². The van der Waals surface area contributed by atoms with Gasteiger partial charge in [0.05, 0.1) is 5.56 Å². The second-order valence-electron chi connectivity index (χ2n) is 5.16. The van der Waals surface area contributed by atoms with Gasteiger partial charge in [-0.1, -0.05) is 37.3 Å². The monoisotopic (exact) mass is 266 g/mol. The van der Waals surface area contributed by atoms with Crippen molar-refractivity contribution in [1.29, 1.82) is 0 Å². The fraction of sp³-hybridized carbons (Fsp3) is 0.235. The van der Waals surface area contributed by atoms with E-state index in [0.717, 1.165) is 18.5 Å². The van der Waals surface area contributed by atoms with E-state index in [0.29, 0.717) is 11.3 Å². The highest BCUT2D eigenvalue weighted by Gasteiger charge is 2.33. The summed E-state index contributed by atoms with van der Waals surface area (Å²) in [6, 6.07) is 15.6. The van der Waals surface area contributed by atoms with Crippen LogP contribution in [0.15, 0.2) is 48.5 Å². The molecule has 0 saturated heterocycles. The summed E-state index contributed by atoms with van der Waals surface area (Å²) in [5.41, 5.74) is 9.33. The lowest BCUT2D eigenvalue weighted by Crippen LogP contribution is -2.37. The lowest BCUT2D eigenvalue weighted by Gasteiger charge is -2.25. The average Bonchev–Trinajstić information content (AvgIpc) is 2.85. The van der Waals surface area contributed by atoms with E-state index in [1.807, 2.05) is 35.2 Å². The summed E-state index contributed by atoms with van der Waals surface area (Å²) in [5.74, 6) is -0.0000926. The molecule has 1 unspecified atom stereocenters. The fourth-order valence-corrected chi connectivity index (χ4v) is 2.88. The number of hydrogen-bond donors (Lipinski definition) is 1. The molecule has 0 saturated carbocycles. The number of benzene rings is 2. The van der Waals surface area contributed by atoms with Crippen molar-refractivity contribution in [3.05, 3.63) is 59.7 Å². The number of anilines is 2. The maximum Gasteiger partial charge on any atom is 0.260 e. The Bertz CT molecular complexity index is 651. The van der Waals surface area contributed by atoms with Crippen molar-refractivity contribution in [3.8, 4) is 0 Å². The zero-order valence-electron chi connectivity index (χ0n) is 11.5. The highest BCUT2D eigenvalue weighted by atomic mass is 16.2. The quantitative estimate of drug-likeness (QED) is 0.848. The van der Waals surface area contributed by atoms with E-state index in [2.05, 4.69) is 13.0 Å². The van der Waals surface area contributed by atoms with Gasteiger partial charge >= 0.3 is 0 Å². The maximum atomic E-state index is 12.8. The molecule has 1 aliphatic heterocycles. The van der Waals surface area contributed by atoms with Crippen LogP contribution in [0.5, 0.6) is 0 Å². The van der Waals surface area contributed by atoms with Gasteiger partial charge in [-0.2, -0.15) is 0 Å². The molecule has 0 aliphatic carbocycles. The molecule has 2 aromatic carbocycles. The molecule has 20 heavy (non-hydrogen) atoms. The maximum absolute atomic E-state index is 12.8. The Balaban J connectivity index is 2.04. The highest BCUT2D eigenvalue weighted by molar-refractivity contribution is 6.10. The number of para-hydroxylation sites is 2. The van der Waals surface area contributed by atoms with Gasteiger partial charge in [-0.05, 0) is 36.6 Å². The summed E-state index contributed by atoms with van der Waals surface area (Å²) in [4.78, 5) is 14.7. The van der Waals surface area contributed by atoms with Crippen LogP contribution < -0.4 is 10.6 Å². The van der Waals surface area contributed by atoms with E-state index in [1.165, 1.54) is 5.56 Å². The number of nitrogens with two attached hydrogens (primary N) is 1. The standard InChI is InChI=1S/C17H18N2O/c1-2-13-11-12-7-3-6-10-16(12)19(13)17(20)14-8-4-5-9-15(14)18/h3-10,13H,2,11,18H2,1H3. The number of rotatable bonds is 2. The SMILES string of the molecule is CCC1Cc2ccccc2N1C(=O)c1ccccc1N. The largest absolute Gasteiger partial charge is 0.398 e. The van der Waals surface area contributed by atoms with Crippen molar-refractivity contribution >= 4 is 17.3 Å². The van der Waals surface area contributed by atoms with Crippen LogP contribution in [0, 0.1) is 0 Å². The third-order valence-corrected chi connectivity index (χ3v) is 3.95. The minimum Gasteiger partial charge on any atom is -0.398 e. The lowest BCUT2D eigenvalue weighted by molar-refractivity contribution is 0.0980. The van der Waals surface area contributed by atoms with Crippen molar-refractivity contribution in [2.75, 3.05) is 10.6 Å². The van der Waals surface area contributed by atoms with E-state index in [-0.39, 0.29) is 11.9 Å². The van der Waals surface area contributed by atoms with Crippen LogP contribution >= 0.6 is 0 Å². The summed E-state index contributed by atoms with van der Waals surface area (Å²) >= 11 is 0. The van der Waals surface area contributed by atoms with Gasteiger partial charge in [-0.3, -0.25) is 4.79 Å². The molecule has 2 aromatic rings. The molecular formula is C17H18N2O. The highest BCUT2D eigenvalue weighted by Crippen LogP contribution is 2.35. The van der Waals surface area contributed by atoms with E-state index in [1.54, 1.807) is 12.1 Å². The Hall–Kier alpha value is -2.29. The summed E-state index contributed by atoms with van der Waals surface area (Å²) in [6.07, 6.45) is 1.86. The van der Waals surface area contributed by atoms with Crippen LogP contribution in [-0.2, 0) is 6.42 Å². The van der Waals surface area contributed by atoms with Crippen LogP contribution in [0.3, 0.4) is 0 Å². The van der Waals surface area contributed by atoms with Gasteiger partial charge in [0.2, 0.25) is 0 Å². The smallest absolute Gasteiger partial charge is 0.260 e. The fourth-order valence-electron chi connectivity index (χ4n) is 2.88. The Labute approximate surface area is 119 Å². The van der Waals surface area contributed by atoms with Gasteiger partial charge in [-0.15, -0.1) is 0 Å². The van der Waals surface area contributed by atoms with Crippen molar-refractivity contribution in [2.24, 2.45) is 0 Å². The van der Waals surface area contributed by atoms with Crippen molar-refractivity contribution in [2.45, 2.75) is 25.8 Å². The molecule has 1 amide bonds. The third kappa shape index (κ3) is 1.95. The molecule has 3 nitrogen and oxygen atoms in total. The first-order valence-corrected chi connectivity index (χ1v) is 6.98. The van der Waals surface area contributed by atoms with Crippen molar-refractivity contribution < 1.29 is 4.79 Å². The van der Waals surface area contributed by atoms with Crippen LogP contribution in [-0.4, -0.2) is 11.9 Å². The van der Waals surface area contributed by atoms with E-state index >= 15 is 0 Å². The first-order chi connectivity index (χ1) is 9.72. The number of hydrogen-bond acceptors (Lipinski definition) is 2. The van der Waals surface area contributed by atoms with Gasteiger partial charge in [0.15, 0.2) is 0 Å². The predicted octanol–water partition coefficient (Wildman–Crippen LogP) is 3.25. The molecule has 0 spiro atoms. The minimum absolute atomic E-state index is 0.0000926. The Morgan fingerprint density at radius 1 is 1.20 bits per heavy atom. The van der Waals surface area contributed by atoms with Crippen molar-refractivity contribution in [3.63, 3.8) is 0 Å².